The van der Waals surface area contributed by atoms with Crippen LogP contribution in [0.4, 0.5) is 29.2 Å². The minimum absolute atomic E-state index is 0.00405. The van der Waals surface area contributed by atoms with Crippen LogP contribution in [0, 0.1) is 23.7 Å². The SMILES string of the molecule is CC(F)(F)c1nc(N2CC3(CCOCC3)c3cc(OC4CCC(N5CC(F)(F)C5)CC4)ncc32)ncc1C(=O)NC1(C(=O)O)C2CC3CC(C2)CC1C3. The Balaban J connectivity index is 0.976. The number of anilines is 2. The average Bonchev–Trinajstić information content (AvgIpc) is 3.40. The molecule has 2 aromatic heterocycles. The molecule has 5 heterocycles. The Bertz CT molecular complexity index is 1760. The second kappa shape index (κ2) is 12.5. The summed E-state index contributed by atoms with van der Waals surface area (Å²) in [5.41, 5.74) is -1.52. The summed E-state index contributed by atoms with van der Waals surface area (Å²) in [6, 6.07) is 2.05. The molecule has 2 N–H and O–H groups in total. The van der Waals surface area contributed by atoms with E-state index in [0.29, 0.717) is 88.6 Å². The fraction of sp³-hybridized carbons (Fsp3) is 0.711. The predicted octanol–water partition coefficient (Wildman–Crippen LogP) is 5.83. The second-order valence-electron chi connectivity index (χ2n) is 17.1. The highest BCUT2D eigenvalue weighted by atomic mass is 19.3. The van der Waals surface area contributed by atoms with Crippen molar-refractivity contribution in [2.75, 3.05) is 37.7 Å². The number of rotatable bonds is 8. The van der Waals surface area contributed by atoms with E-state index in [-0.39, 0.29) is 43.0 Å². The molecule has 0 aromatic carbocycles. The number of pyridine rings is 1. The number of amides is 1. The number of aromatic nitrogens is 3. The van der Waals surface area contributed by atoms with E-state index in [4.69, 9.17) is 9.47 Å². The Morgan fingerprint density at radius 3 is 2.23 bits per heavy atom. The van der Waals surface area contributed by atoms with E-state index in [1.807, 2.05) is 11.0 Å². The molecule has 2 aromatic rings. The van der Waals surface area contributed by atoms with Gasteiger partial charge in [-0.1, -0.05) is 0 Å². The molecule has 11 nitrogen and oxygen atoms in total. The van der Waals surface area contributed by atoms with E-state index < -0.39 is 45.9 Å². The third-order valence-corrected chi connectivity index (χ3v) is 13.7. The number of ether oxygens (including phenoxy) is 2. The summed E-state index contributed by atoms with van der Waals surface area (Å²) in [6.07, 6.45) is 10.9. The van der Waals surface area contributed by atoms with Gasteiger partial charge in [0.25, 0.3) is 17.8 Å². The Morgan fingerprint density at radius 2 is 1.62 bits per heavy atom. The Morgan fingerprint density at radius 1 is 0.962 bits per heavy atom. The second-order valence-corrected chi connectivity index (χ2v) is 17.1. The van der Waals surface area contributed by atoms with Crippen molar-refractivity contribution in [3.05, 3.63) is 35.3 Å². The highest BCUT2D eigenvalue weighted by Gasteiger charge is 2.62. The molecule has 2 saturated heterocycles. The number of halogens is 4. The van der Waals surface area contributed by atoms with Gasteiger partial charge in [-0.3, -0.25) is 9.69 Å². The first-order valence-corrected chi connectivity index (χ1v) is 19.2. The van der Waals surface area contributed by atoms with Crippen LogP contribution in [0.3, 0.4) is 0 Å². The minimum atomic E-state index is -3.53. The van der Waals surface area contributed by atoms with E-state index in [1.54, 1.807) is 11.1 Å². The van der Waals surface area contributed by atoms with Crippen molar-refractivity contribution in [2.24, 2.45) is 23.7 Å². The maximum atomic E-state index is 15.4. The van der Waals surface area contributed by atoms with Crippen LogP contribution in [-0.4, -0.2) is 93.3 Å². The summed E-state index contributed by atoms with van der Waals surface area (Å²) in [6.45, 7) is 1.73. The van der Waals surface area contributed by atoms with Crippen molar-refractivity contribution in [1.29, 1.82) is 0 Å². The van der Waals surface area contributed by atoms with Gasteiger partial charge in [0, 0.05) is 50.4 Å². The maximum absolute atomic E-state index is 15.4. The van der Waals surface area contributed by atoms with Gasteiger partial charge in [0.15, 0.2) is 0 Å². The number of carboxylic acid groups (broad SMARTS) is 1. The van der Waals surface area contributed by atoms with Crippen LogP contribution in [0.15, 0.2) is 18.5 Å². The molecule has 5 saturated carbocycles. The molecule has 0 unspecified atom stereocenters. The number of alkyl halides is 4. The first kappa shape index (κ1) is 35.1. The highest BCUT2D eigenvalue weighted by molar-refractivity contribution is 5.99. The van der Waals surface area contributed by atoms with Crippen molar-refractivity contribution in [1.82, 2.24) is 25.2 Å². The van der Waals surface area contributed by atoms with Gasteiger partial charge in [-0.25, -0.2) is 28.5 Å². The maximum Gasteiger partial charge on any atom is 0.330 e. The summed E-state index contributed by atoms with van der Waals surface area (Å²) in [7, 11) is 0. The lowest BCUT2D eigenvalue weighted by atomic mass is 9.48. The zero-order valence-electron chi connectivity index (χ0n) is 29.8. The Labute approximate surface area is 305 Å². The molecular formula is C38H46F4N6O5. The van der Waals surface area contributed by atoms with Gasteiger partial charge in [-0.2, -0.15) is 8.78 Å². The molecule has 0 atom stereocenters. The molecule has 10 rings (SSSR count). The van der Waals surface area contributed by atoms with E-state index in [2.05, 4.69) is 20.3 Å². The fourth-order valence-electron chi connectivity index (χ4n) is 11.3. The number of fused-ring (bicyclic) bond motifs is 2. The molecule has 3 aliphatic heterocycles. The van der Waals surface area contributed by atoms with Gasteiger partial charge in [-0.15, -0.1) is 0 Å². The van der Waals surface area contributed by atoms with Crippen molar-refractivity contribution in [2.45, 2.75) is 112 Å². The number of nitrogens with zero attached hydrogens (tertiary/aromatic N) is 5. The van der Waals surface area contributed by atoms with Gasteiger partial charge in [0.2, 0.25) is 11.8 Å². The molecule has 1 amide bonds. The molecule has 8 aliphatic rings. The number of carbonyl (C=O) groups excluding carboxylic acids is 1. The zero-order chi connectivity index (χ0) is 36.9. The first-order chi connectivity index (χ1) is 25.2. The lowest BCUT2D eigenvalue weighted by molar-refractivity contribution is -0.163. The molecule has 0 radical (unpaired) electrons. The van der Waals surface area contributed by atoms with E-state index in [0.717, 1.165) is 43.9 Å². The molecule has 4 bridgehead atoms. The van der Waals surface area contributed by atoms with Crippen LogP contribution in [0.5, 0.6) is 5.88 Å². The third kappa shape index (κ3) is 5.95. The number of aliphatic carboxylic acids is 1. The molecule has 53 heavy (non-hydrogen) atoms. The standard InChI is InChI=1S/C38H46F4N6O5/c1-35(39,40)31-27(32(49)46-38(33(50)51)23-11-21-10-22(13-23)14-24(38)12-21)16-44-34(45-31)48-18-36(6-8-52-9-7-36)28-15-30(43-17-29(28)48)53-26-4-2-25(3-5-26)47-19-37(41,42)20-47/h15-17,21-26H,2-14,18-20H2,1H3,(H,46,49)(H,50,51). The summed E-state index contributed by atoms with van der Waals surface area (Å²) in [4.78, 5) is 43.9. The highest BCUT2D eigenvalue weighted by Crippen LogP contribution is 2.58. The number of carbonyl (C=O) groups is 2. The quantitative estimate of drug-likeness (QED) is 0.319. The summed E-state index contributed by atoms with van der Waals surface area (Å²) >= 11 is 0. The number of hydrogen-bond acceptors (Lipinski definition) is 9. The summed E-state index contributed by atoms with van der Waals surface area (Å²) in [5, 5.41) is 13.3. The molecule has 15 heteroatoms. The lowest BCUT2D eigenvalue weighted by Crippen LogP contribution is -2.70. The number of hydrogen-bond donors (Lipinski definition) is 2. The zero-order valence-corrected chi connectivity index (χ0v) is 29.8. The van der Waals surface area contributed by atoms with Gasteiger partial charge >= 0.3 is 5.97 Å². The van der Waals surface area contributed by atoms with Gasteiger partial charge in [0.1, 0.15) is 17.3 Å². The fourth-order valence-corrected chi connectivity index (χ4v) is 11.3. The Kier molecular flexibility index (Phi) is 8.27. The van der Waals surface area contributed by atoms with Gasteiger partial charge < -0.3 is 24.8 Å². The van der Waals surface area contributed by atoms with Crippen LogP contribution in [0.25, 0.3) is 0 Å². The van der Waals surface area contributed by atoms with Crippen LogP contribution in [-0.2, 0) is 20.9 Å². The van der Waals surface area contributed by atoms with E-state index >= 15 is 8.78 Å². The number of likely N-dealkylation sites (tertiary alicyclic amines) is 1. The van der Waals surface area contributed by atoms with Crippen LogP contribution in [0.2, 0.25) is 0 Å². The Hall–Kier alpha value is -3.59. The average molecular weight is 743 g/mol. The summed E-state index contributed by atoms with van der Waals surface area (Å²) in [5.74, 6) is -7.31. The van der Waals surface area contributed by atoms with E-state index in [9.17, 15) is 23.5 Å². The van der Waals surface area contributed by atoms with Crippen molar-refractivity contribution in [3.63, 3.8) is 0 Å². The molecule has 7 fully saturated rings. The van der Waals surface area contributed by atoms with Crippen LogP contribution < -0.4 is 15.0 Å². The number of nitrogens with one attached hydrogen (secondary N) is 1. The van der Waals surface area contributed by atoms with Crippen LogP contribution >= 0.6 is 0 Å². The first-order valence-electron chi connectivity index (χ1n) is 19.2. The smallest absolute Gasteiger partial charge is 0.330 e. The molecular weight excluding hydrogens is 696 g/mol. The topological polar surface area (TPSA) is 130 Å². The lowest BCUT2D eigenvalue weighted by Gasteiger charge is -2.59. The van der Waals surface area contributed by atoms with Crippen LogP contribution in [0.1, 0.15) is 99.2 Å². The normalized spacial score (nSPS) is 34.1. The molecule has 286 valence electrons. The minimum Gasteiger partial charge on any atom is -0.479 e. The predicted molar refractivity (Wildman–Crippen MR) is 183 cm³/mol. The van der Waals surface area contributed by atoms with Crippen molar-refractivity contribution < 1.29 is 41.7 Å². The molecule has 5 aliphatic carbocycles. The number of carboxylic acids is 1. The summed E-state index contributed by atoms with van der Waals surface area (Å²) < 4.78 is 69.8. The third-order valence-electron chi connectivity index (χ3n) is 13.7. The monoisotopic (exact) mass is 742 g/mol. The van der Waals surface area contributed by atoms with Crippen molar-refractivity contribution in [3.8, 4) is 5.88 Å². The van der Waals surface area contributed by atoms with Crippen molar-refractivity contribution >= 4 is 23.5 Å². The van der Waals surface area contributed by atoms with Gasteiger partial charge in [-0.05, 0) is 99.9 Å². The van der Waals surface area contributed by atoms with E-state index in [1.165, 1.54) is 0 Å². The molecule has 1 spiro atoms. The van der Waals surface area contributed by atoms with Gasteiger partial charge in [0.05, 0.1) is 30.5 Å². The largest absolute Gasteiger partial charge is 0.479 e.